The molecule has 5 heteroatoms. The highest BCUT2D eigenvalue weighted by Gasteiger charge is 2.12. The van der Waals surface area contributed by atoms with E-state index in [-0.39, 0.29) is 6.03 Å². The highest BCUT2D eigenvalue weighted by atomic mass is 32.1. The summed E-state index contributed by atoms with van der Waals surface area (Å²) < 4.78 is 0. The van der Waals surface area contributed by atoms with Crippen molar-refractivity contribution in [2.45, 2.75) is 13.8 Å². The normalized spacial score (nSPS) is 10.3. The molecule has 0 saturated carbocycles. The van der Waals surface area contributed by atoms with Gasteiger partial charge in [-0.1, -0.05) is 48.0 Å². The summed E-state index contributed by atoms with van der Waals surface area (Å²) in [4.78, 5) is 17.6. The smallest absolute Gasteiger partial charge is 0.308 e. The molecule has 2 aromatic carbocycles. The number of urea groups is 1. The van der Waals surface area contributed by atoms with Gasteiger partial charge in [-0.25, -0.2) is 9.78 Å². The number of carbonyl (C=O) groups is 1. The number of hydrogen-bond acceptors (Lipinski definition) is 3. The first-order valence-corrected chi connectivity index (χ1v) is 8.11. The first kappa shape index (κ1) is 15.2. The Morgan fingerprint density at radius 3 is 2.35 bits per heavy atom. The molecule has 116 valence electrons. The zero-order chi connectivity index (χ0) is 16.2. The molecule has 4 nitrogen and oxygen atoms in total. The topological polar surface area (TPSA) is 54.0 Å². The third-order valence-corrected chi connectivity index (χ3v) is 4.26. The second-order valence-electron chi connectivity index (χ2n) is 5.23. The summed E-state index contributed by atoms with van der Waals surface area (Å²) in [5.74, 6) is 0. The molecule has 0 fully saturated rings. The molecule has 0 aliphatic heterocycles. The first-order valence-electron chi connectivity index (χ1n) is 7.29. The number of rotatable bonds is 3. The molecule has 0 bridgehead atoms. The van der Waals surface area contributed by atoms with E-state index in [1.165, 1.54) is 16.9 Å². The van der Waals surface area contributed by atoms with Gasteiger partial charge < -0.3 is 5.32 Å². The SMILES string of the molecule is Cc1ccc(-c2nc(NC(=O)Nc3ccccc3)sc2C)cc1. The number of amides is 2. The zero-order valence-corrected chi connectivity index (χ0v) is 13.8. The largest absolute Gasteiger partial charge is 0.325 e. The van der Waals surface area contributed by atoms with Gasteiger partial charge in [0.1, 0.15) is 0 Å². The van der Waals surface area contributed by atoms with Crippen LogP contribution in [0.4, 0.5) is 15.6 Å². The van der Waals surface area contributed by atoms with Gasteiger partial charge in [-0.15, -0.1) is 11.3 Å². The number of nitrogens with one attached hydrogen (secondary N) is 2. The molecular weight excluding hydrogens is 306 g/mol. The first-order chi connectivity index (χ1) is 11.1. The molecule has 0 unspecified atom stereocenters. The van der Waals surface area contributed by atoms with E-state index in [1.807, 2.05) is 49.4 Å². The molecule has 1 aromatic heterocycles. The predicted molar refractivity (Wildman–Crippen MR) is 96.1 cm³/mol. The molecule has 0 radical (unpaired) electrons. The summed E-state index contributed by atoms with van der Waals surface area (Å²) in [7, 11) is 0. The molecule has 2 amide bonds. The van der Waals surface area contributed by atoms with Gasteiger partial charge in [0.05, 0.1) is 5.69 Å². The Morgan fingerprint density at radius 2 is 1.65 bits per heavy atom. The number of hydrogen-bond donors (Lipinski definition) is 2. The van der Waals surface area contributed by atoms with Crippen LogP contribution in [0.3, 0.4) is 0 Å². The van der Waals surface area contributed by atoms with Gasteiger partial charge in [0.2, 0.25) is 0 Å². The molecule has 0 aliphatic rings. The van der Waals surface area contributed by atoms with Crippen molar-refractivity contribution in [3.05, 3.63) is 65.0 Å². The lowest BCUT2D eigenvalue weighted by atomic mass is 10.1. The van der Waals surface area contributed by atoms with Crippen molar-refractivity contribution < 1.29 is 4.79 Å². The van der Waals surface area contributed by atoms with E-state index in [0.717, 1.165) is 21.8 Å². The Balaban J connectivity index is 1.73. The van der Waals surface area contributed by atoms with Crippen LogP contribution in [0.15, 0.2) is 54.6 Å². The summed E-state index contributed by atoms with van der Waals surface area (Å²) in [5.41, 5.74) is 3.92. The maximum Gasteiger partial charge on any atom is 0.325 e. The summed E-state index contributed by atoms with van der Waals surface area (Å²) >= 11 is 1.47. The molecule has 0 spiro atoms. The van der Waals surface area contributed by atoms with Crippen LogP contribution in [-0.2, 0) is 0 Å². The summed E-state index contributed by atoms with van der Waals surface area (Å²) in [5, 5.41) is 6.16. The number of para-hydroxylation sites is 1. The Hall–Kier alpha value is -2.66. The quantitative estimate of drug-likeness (QED) is 0.707. The number of thiazole rings is 1. The lowest BCUT2D eigenvalue weighted by molar-refractivity contribution is 0.262. The van der Waals surface area contributed by atoms with Gasteiger partial charge >= 0.3 is 6.03 Å². The lowest BCUT2D eigenvalue weighted by Crippen LogP contribution is -2.19. The standard InChI is InChI=1S/C18H17N3OS/c1-12-8-10-14(11-9-12)16-13(2)23-18(20-16)21-17(22)19-15-6-4-3-5-7-15/h3-11H,1-2H3,(H2,19,20,21,22). The number of aromatic nitrogens is 1. The van der Waals surface area contributed by atoms with Crippen LogP contribution < -0.4 is 10.6 Å². The van der Waals surface area contributed by atoms with Gasteiger partial charge in [0, 0.05) is 16.1 Å². The van der Waals surface area contributed by atoms with Gasteiger partial charge in [-0.05, 0) is 26.0 Å². The maximum atomic E-state index is 12.0. The number of aryl methyl sites for hydroxylation is 2. The second kappa shape index (κ2) is 6.62. The second-order valence-corrected chi connectivity index (χ2v) is 6.44. The number of benzene rings is 2. The van der Waals surface area contributed by atoms with Gasteiger partial charge in [0.25, 0.3) is 0 Å². The molecule has 3 rings (SSSR count). The fourth-order valence-electron chi connectivity index (χ4n) is 2.21. The van der Waals surface area contributed by atoms with Crippen LogP contribution in [0.25, 0.3) is 11.3 Å². The van der Waals surface area contributed by atoms with E-state index < -0.39 is 0 Å². The average molecular weight is 323 g/mol. The van der Waals surface area contributed by atoms with E-state index in [9.17, 15) is 4.79 Å². The average Bonchev–Trinajstić information content (AvgIpc) is 2.89. The highest BCUT2D eigenvalue weighted by Crippen LogP contribution is 2.30. The Labute approximate surface area is 139 Å². The van der Waals surface area contributed by atoms with Crippen LogP contribution in [-0.4, -0.2) is 11.0 Å². The van der Waals surface area contributed by atoms with Gasteiger partial charge in [-0.2, -0.15) is 0 Å². The van der Waals surface area contributed by atoms with Crippen molar-refractivity contribution in [1.82, 2.24) is 4.98 Å². The molecule has 0 saturated heterocycles. The van der Waals surface area contributed by atoms with Crippen LogP contribution in [0, 0.1) is 13.8 Å². The zero-order valence-electron chi connectivity index (χ0n) is 13.0. The summed E-state index contributed by atoms with van der Waals surface area (Å²) in [6.07, 6.45) is 0. The van der Waals surface area contributed by atoms with Crippen molar-refractivity contribution in [3.8, 4) is 11.3 Å². The van der Waals surface area contributed by atoms with E-state index >= 15 is 0 Å². The highest BCUT2D eigenvalue weighted by molar-refractivity contribution is 7.16. The molecule has 0 aliphatic carbocycles. The lowest BCUT2D eigenvalue weighted by Gasteiger charge is -2.04. The minimum absolute atomic E-state index is 0.291. The summed E-state index contributed by atoms with van der Waals surface area (Å²) in [6.45, 7) is 4.06. The number of carbonyl (C=O) groups excluding carboxylic acids is 1. The van der Waals surface area contributed by atoms with Gasteiger partial charge in [0.15, 0.2) is 5.13 Å². The van der Waals surface area contributed by atoms with E-state index in [2.05, 4.69) is 34.7 Å². The van der Waals surface area contributed by atoms with Crippen molar-refractivity contribution in [2.75, 3.05) is 10.6 Å². The number of anilines is 2. The maximum absolute atomic E-state index is 12.0. The monoisotopic (exact) mass is 323 g/mol. The predicted octanol–water partition coefficient (Wildman–Crippen LogP) is 5.07. The third kappa shape index (κ3) is 3.76. The fourth-order valence-corrected chi connectivity index (χ4v) is 3.04. The van der Waals surface area contributed by atoms with Crippen LogP contribution in [0.1, 0.15) is 10.4 Å². The third-order valence-electron chi connectivity index (χ3n) is 3.37. The molecule has 23 heavy (non-hydrogen) atoms. The van der Waals surface area contributed by atoms with Crippen molar-refractivity contribution in [3.63, 3.8) is 0 Å². The van der Waals surface area contributed by atoms with E-state index in [4.69, 9.17) is 0 Å². The molecule has 0 atom stereocenters. The molecule has 1 heterocycles. The van der Waals surface area contributed by atoms with Crippen LogP contribution >= 0.6 is 11.3 Å². The van der Waals surface area contributed by atoms with Crippen molar-refractivity contribution in [1.29, 1.82) is 0 Å². The Kier molecular flexibility index (Phi) is 4.39. The van der Waals surface area contributed by atoms with Crippen LogP contribution in [0.2, 0.25) is 0 Å². The minimum atomic E-state index is -0.291. The minimum Gasteiger partial charge on any atom is -0.308 e. The molecule has 3 aromatic rings. The molecular formula is C18H17N3OS. The number of nitrogens with zero attached hydrogens (tertiary/aromatic N) is 1. The summed E-state index contributed by atoms with van der Waals surface area (Å²) in [6, 6.07) is 17.2. The molecule has 2 N–H and O–H groups in total. The van der Waals surface area contributed by atoms with Crippen molar-refractivity contribution in [2.24, 2.45) is 0 Å². The Bertz CT molecular complexity index is 810. The van der Waals surface area contributed by atoms with Crippen molar-refractivity contribution >= 4 is 28.2 Å². The Morgan fingerprint density at radius 1 is 0.957 bits per heavy atom. The fraction of sp³-hybridized carbons (Fsp3) is 0.111. The van der Waals surface area contributed by atoms with E-state index in [0.29, 0.717) is 5.13 Å². The van der Waals surface area contributed by atoms with E-state index in [1.54, 1.807) is 0 Å². The van der Waals surface area contributed by atoms with Crippen LogP contribution in [0.5, 0.6) is 0 Å². The van der Waals surface area contributed by atoms with Gasteiger partial charge in [-0.3, -0.25) is 5.32 Å².